The Morgan fingerprint density at radius 3 is 2.83 bits per heavy atom. The van der Waals surface area contributed by atoms with Crippen molar-refractivity contribution in [2.45, 2.75) is 64.2 Å². The number of nitrogens with zero attached hydrogens (tertiary/aromatic N) is 4. The number of ether oxygens (including phenoxy) is 1. The van der Waals surface area contributed by atoms with Gasteiger partial charge in [0.2, 0.25) is 5.82 Å². The van der Waals surface area contributed by atoms with Crippen LogP contribution in [0.2, 0.25) is 5.15 Å². The summed E-state index contributed by atoms with van der Waals surface area (Å²) in [6.45, 7) is 2.65. The van der Waals surface area contributed by atoms with Gasteiger partial charge in [0.15, 0.2) is 28.6 Å². The minimum absolute atomic E-state index is 0.214. The van der Waals surface area contributed by atoms with Gasteiger partial charge < -0.3 is 14.3 Å². The fraction of sp³-hybridized carbons (Fsp3) is 0.500. The molecular weight excluding hydrogens is 404 g/mol. The van der Waals surface area contributed by atoms with Crippen molar-refractivity contribution < 1.29 is 14.3 Å². The molecule has 0 saturated carbocycles. The fourth-order valence-corrected chi connectivity index (χ4v) is 3.79. The molecule has 4 heterocycles. The number of aromatic nitrogens is 4. The maximum absolute atomic E-state index is 10.4. The van der Waals surface area contributed by atoms with Crippen molar-refractivity contribution in [1.82, 2.24) is 19.5 Å². The van der Waals surface area contributed by atoms with E-state index in [-0.39, 0.29) is 5.15 Å². The molecule has 0 aliphatic carbocycles. The molecule has 0 amide bonds. The molecule has 30 heavy (non-hydrogen) atoms. The molecule has 0 unspecified atom stereocenters. The van der Waals surface area contributed by atoms with Gasteiger partial charge in [-0.1, -0.05) is 50.1 Å². The van der Waals surface area contributed by atoms with E-state index in [0.29, 0.717) is 41.6 Å². The number of furan rings is 1. The highest BCUT2D eigenvalue weighted by Gasteiger charge is 2.33. The van der Waals surface area contributed by atoms with E-state index in [0.717, 1.165) is 12.8 Å². The number of imidazole rings is 1. The van der Waals surface area contributed by atoms with Crippen LogP contribution in [0, 0.1) is 11.8 Å². The molecule has 3 aromatic rings. The molecule has 0 radical (unpaired) electrons. The molecule has 3 aromatic heterocycles. The van der Waals surface area contributed by atoms with Crippen molar-refractivity contribution in [3.05, 3.63) is 29.4 Å². The lowest BCUT2D eigenvalue weighted by molar-refractivity contribution is -0.00536. The lowest BCUT2D eigenvalue weighted by Gasteiger charge is -2.18. The Labute approximate surface area is 180 Å². The van der Waals surface area contributed by atoms with Crippen LogP contribution in [-0.4, -0.2) is 37.3 Å². The molecule has 2 atom stereocenters. The summed E-state index contributed by atoms with van der Waals surface area (Å²) in [5.74, 6) is 7.51. The van der Waals surface area contributed by atoms with Crippen LogP contribution >= 0.6 is 11.6 Å². The van der Waals surface area contributed by atoms with Crippen molar-refractivity contribution in [3.8, 4) is 23.4 Å². The first kappa shape index (κ1) is 20.9. The first-order chi connectivity index (χ1) is 14.7. The molecule has 0 aromatic carbocycles. The van der Waals surface area contributed by atoms with E-state index in [4.69, 9.17) is 20.8 Å². The molecule has 1 aliphatic heterocycles. The van der Waals surface area contributed by atoms with Gasteiger partial charge in [-0.05, 0) is 24.5 Å². The number of hydrogen-bond acceptors (Lipinski definition) is 6. The molecule has 1 fully saturated rings. The van der Waals surface area contributed by atoms with Crippen LogP contribution in [0.1, 0.15) is 63.9 Å². The van der Waals surface area contributed by atoms with Gasteiger partial charge in [0.1, 0.15) is 11.6 Å². The zero-order valence-electron chi connectivity index (χ0n) is 17.0. The fourth-order valence-electron chi connectivity index (χ4n) is 3.59. The summed E-state index contributed by atoms with van der Waals surface area (Å²) in [7, 11) is 0. The number of aliphatic hydroxyl groups is 1. The monoisotopic (exact) mass is 428 g/mol. The van der Waals surface area contributed by atoms with Crippen LogP contribution in [0.5, 0.6) is 0 Å². The Kier molecular flexibility index (Phi) is 6.68. The van der Waals surface area contributed by atoms with Crippen LogP contribution < -0.4 is 0 Å². The number of unbranched alkanes of at least 4 members (excludes halogenated alkanes) is 5. The van der Waals surface area contributed by atoms with Crippen molar-refractivity contribution in [3.63, 3.8) is 0 Å². The third kappa shape index (κ3) is 4.36. The Morgan fingerprint density at radius 2 is 2.10 bits per heavy atom. The van der Waals surface area contributed by atoms with Crippen LogP contribution in [0.3, 0.4) is 0 Å². The largest absolute Gasteiger partial charge is 0.461 e. The quantitative estimate of drug-likeness (QED) is 0.332. The van der Waals surface area contributed by atoms with Crippen LogP contribution in [-0.2, 0) is 4.74 Å². The zero-order valence-corrected chi connectivity index (χ0v) is 17.7. The second-order valence-electron chi connectivity index (χ2n) is 7.38. The Hall–Kier alpha value is -2.40. The Balaban J connectivity index is 1.67. The van der Waals surface area contributed by atoms with Gasteiger partial charge in [-0.2, -0.15) is 0 Å². The van der Waals surface area contributed by atoms with Crippen LogP contribution in [0.15, 0.2) is 22.8 Å². The third-order valence-corrected chi connectivity index (χ3v) is 5.39. The van der Waals surface area contributed by atoms with Gasteiger partial charge in [-0.25, -0.2) is 15.0 Å². The number of hydrogen-bond donors (Lipinski definition) is 1. The molecule has 7 nitrogen and oxygen atoms in total. The van der Waals surface area contributed by atoms with Gasteiger partial charge in [0.25, 0.3) is 0 Å². The van der Waals surface area contributed by atoms with Gasteiger partial charge in [-0.15, -0.1) is 0 Å². The molecule has 1 N–H and O–H groups in total. The summed E-state index contributed by atoms with van der Waals surface area (Å²) in [6.07, 6.45) is 7.56. The van der Waals surface area contributed by atoms with Crippen molar-refractivity contribution >= 4 is 22.8 Å². The Bertz CT molecular complexity index is 1050. The van der Waals surface area contributed by atoms with E-state index >= 15 is 0 Å². The zero-order chi connectivity index (χ0) is 20.9. The van der Waals surface area contributed by atoms with Gasteiger partial charge in [0, 0.05) is 12.8 Å². The third-order valence-electron chi connectivity index (χ3n) is 5.13. The summed E-state index contributed by atoms with van der Waals surface area (Å²) >= 11 is 6.42. The molecule has 8 heteroatoms. The van der Waals surface area contributed by atoms with E-state index in [2.05, 4.69) is 33.7 Å². The van der Waals surface area contributed by atoms with E-state index in [1.54, 1.807) is 23.0 Å². The highest BCUT2D eigenvalue weighted by molar-refractivity contribution is 6.33. The van der Waals surface area contributed by atoms with E-state index < -0.39 is 12.3 Å². The molecular formula is C22H25ClN4O3. The van der Waals surface area contributed by atoms with Gasteiger partial charge >= 0.3 is 0 Å². The predicted molar refractivity (Wildman–Crippen MR) is 114 cm³/mol. The number of halogens is 1. The number of fused-ring (bicyclic) bond motifs is 1. The predicted octanol–water partition coefficient (Wildman–Crippen LogP) is 4.73. The maximum Gasteiger partial charge on any atom is 0.208 e. The molecule has 1 aliphatic rings. The highest BCUT2D eigenvalue weighted by Crippen LogP contribution is 2.34. The van der Waals surface area contributed by atoms with E-state index in [1.807, 2.05) is 0 Å². The average Bonchev–Trinajstić information content (AvgIpc) is 3.46. The maximum atomic E-state index is 10.4. The molecule has 1 saturated heterocycles. The molecule has 0 spiro atoms. The normalized spacial score (nSPS) is 18.6. The van der Waals surface area contributed by atoms with Crippen LogP contribution in [0.25, 0.3) is 22.7 Å². The van der Waals surface area contributed by atoms with Crippen molar-refractivity contribution in [2.24, 2.45) is 0 Å². The topological polar surface area (TPSA) is 86.2 Å². The van der Waals surface area contributed by atoms with Crippen molar-refractivity contribution in [1.29, 1.82) is 0 Å². The first-order valence-electron chi connectivity index (χ1n) is 10.5. The van der Waals surface area contributed by atoms with Gasteiger partial charge in [0.05, 0.1) is 12.9 Å². The summed E-state index contributed by atoms with van der Waals surface area (Å²) in [4.78, 5) is 13.5. The Morgan fingerprint density at radius 1 is 1.23 bits per heavy atom. The average molecular weight is 429 g/mol. The number of rotatable bonds is 7. The lowest BCUT2D eigenvalue weighted by Crippen LogP contribution is -2.20. The summed E-state index contributed by atoms with van der Waals surface area (Å²) in [6, 6.07) is 3.56. The summed E-state index contributed by atoms with van der Waals surface area (Å²) < 4.78 is 13.0. The minimum atomic E-state index is -0.678. The first-order valence-corrected chi connectivity index (χ1v) is 10.8. The lowest BCUT2D eigenvalue weighted by atomic mass is 10.1. The smallest absolute Gasteiger partial charge is 0.208 e. The summed E-state index contributed by atoms with van der Waals surface area (Å²) in [5.41, 5.74) is 0.899. The van der Waals surface area contributed by atoms with E-state index in [1.165, 1.54) is 25.7 Å². The summed E-state index contributed by atoms with van der Waals surface area (Å²) in [5, 5.41) is 10.6. The second kappa shape index (κ2) is 9.61. The standard InChI is InChI=1S/C22H25ClN4O3/c1-2-3-4-5-6-7-8-11-17-24-19(23)18-21(25-17)27(22-15(28)12-14-30-22)20(26-18)16-10-9-13-29-16/h9-10,13,15,22,28H,2-7,12,14H2,1H3/t15-,22-/m1/s1. The molecule has 158 valence electrons. The van der Waals surface area contributed by atoms with Crippen molar-refractivity contribution in [2.75, 3.05) is 6.61 Å². The SMILES string of the molecule is CCCCCCCC#Cc1nc(Cl)c2nc(-c3ccco3)n([C@@H]3OCC[C@H]3O)c2n1. The van der Waals surface area contributed by atoms with E-state index in [9.17, 15) is 5.11 Å². The molecule has 0 bridgehead atoms. The van der Waals surface area contributed by atoms with Gasteiger partial charge in [-0.3, -0.25) is 4.57 Å². The second-order valence-corrected chi connectivity index (χ2v) is 7.73. The number of aliphatic hydroxyl groups excluding tert-OH is 1. The minimum Gasteiger partial charge on any atom is -0.461 e. The van der Waals surface area contributed by atoms with Crippen LogP contribution in [0.4, 0.5) is 0 Å². The molecule has 4 rings (SSSR count). The highest BCUT2D eigenvalue weighted by atomic mass is 35.5.